The van der Waals surface area contributed by atoms with Gasteiger partial charge in [-0.15, -0.1) is 0 Å². The molecule has 0 aliphatic carbocycles. The number of unbranched alkanes of at least 4 members (excludes halogenated alkanes) is 5. The summed E-state index contributed by atoms with van der Waals surface area (Å²) in [5.41, 5.74) is 2.28. The standard InChI is InChI=1S/C32H37NO8/c1-38-26-14-10-23(11-15-26)9-7-5-3-4-6-8-20-40-28-18-13-25(33-27(28)16-19-31(34)35)22-41-30-21-24(32(36)37)12-17-29(30)39-2/h10-19,21H,3-9,20,22H2,1-2H3,(H,34,35)(H,36,37). The lowest BCUT2D eigenvalue weighted by Crippen LogP contribution is -2.05. The van der Waals surface area contributed by atoms with Crippen molar-refractivity contribution in [1.29, 1.82) is 0 Å². The van der Waals surface area contributed by atoms with Gasteiger partial charge in [-0.2, -0.15) is 0 Å². The van der Waals surface area contributed by atoms with Crippen LogP contribution in [-0.2, 0) is 17.8 Å². The molecule has 1 aromatic heterocycles. The zero-order valence-corrected chi connectivity index (χ0v) is 23.5. The SMILES string of the molecule is COc1ccc(CCCCCCCCOc2ccc(COc3cc(C(=O)O)ccc3OC)nc2C=CC(=O)O)cc1. The number of ether oxygens (including phenoxy) is 4. The molecule has 0 aliphatic rings. The summed E-state index contributed by atoms with van der Waals surface area (Å²) in [6, 6.07) is 16.0. The van der Waals surface area contributed by atoms with E-state index in [9.17, 15) is 14.7 Å². The van der Waals surface area contributed by atoms with Crippen molar-refractivity contribution in [3.63, 3.8) is 0 Å². The third-order valence-electron chi connectivity index (χ3n) is 6.39. The van der Waals surface area contributed by atoms with Gasteiger partial charge < -0.3 is 29.2 Å². The Balaban J connectivity index is 1.46. The molecular formula is C32H37NO8. The molecule has 0 atom stereocenters. The molecule has 0 aliphatic heterocycles. The van der Waals surface area contributed by atoms with E-state index in [4.69, 9.17) is 24.1 Å². The van der Waals surface area contributed by atoms with Crippen LogP contribution in [0.5, 0.6) is 23.0 Å². The van der Waals surface area contributed by atoms with Crippen LogP contribution in [0.1, 0.15) is 65.8 Å². The lowest BCUT2D eigenvalue weighted by molar-refractivity contribution is -0.131. The Morgan fingerprint density at radius 3 is 2.17 bits per heavy atom. The van der Waals surface area contributed by atoms with Crippen LogP contribution in [0.4, 0.5) is 0 Å². The Hall–Kier alpha value is -4.53. The van der Waals surface area contributed by atoms with Gasteiger partial charge in [0.1, 0.15) is 23.8 Å². The summed E-state index contributed by atoms with van der Waals surface area (Å²) in [5.74, 6) is -0.166. The lowest BCUT2D eigenvalue weighted by Gasteiger charge is -2.13. The van der Waals surface area contributed by atoms with Gasteiger partial charge >= 0.3 is 11.9 Å². The molecule has 3 aromatic rings. The highest BCUT2D eigenvalue weighted by Crippen LogP contribution is 2.29. The maximum atomic E-state index is 11.3. The van der Waals surface area contributed by atoms with Crippen molar-refractivity contribution >= 4 is 18.0 Å². The van der Waals surface area contributed by atoms with Crippen LogP contribution in [-0.4, -0.2) is 48.0 Å². The first-order valence-electron chi connectivity index (χ1n) is 13.6. The van der Waals surface area contributed by atoms with Crippen molar-refractivity contribution in [1.82, 2.24) is 4.98 Å². The molecule has 0 bridgehead atoms. The molecule has 9 nitrogen and oxygen atoms in total. The van der Waals surface area contributed by atoms with Crippen molar-refractivity contribution in [2.24, 2.45) is 0 Å². The second kappa shape index (κ2) is 16.5. The highest BCUT2D eigenvalue weighted by atomic mass is 16.5. The Kier molecular flexibility index (Phi) is 12.5. The first-order valence-corrected chi connectivity index (χ1v) is 13.6. The number of pyridine rings is 1. The fourth-order valence-corrected chi connectivity index (χ4v) is 4.16. The number of methoxy groups -OCH3 is 2. The van der Waals surface area contributed by atoms with Crippen molar-refractivity contribution in [3.8, 4) is 23.0 Å². The zero-order valence-electron chi connectivity index (χ0n) is 23.5. The number of rotatable bonds is 18. The highest BCUT2D eigenvalue weighted by molar-refractivity contribution is 5.88. The van der Waals surface area contributed by atoms with E-state index in [1.165, 1.54) is 49.8 Å². The number of nitrogens with zero attached hydrogens (tertiary/aromatic N) is 1. The molecule has 2 N–H and O–H groups in total. The highest BCUT2D eigenvalue weighted by Gasteiger charge is 2.12. The minimum Gasteiger partial charge on any atom is -0.497 e. The number of aliphatic carboxylic acids is 1. The predicted octanol–water partition coefficient (Wildman–Crippen LogP) is 6.44. The van der Waals surface area contributed by atoms with Crippen molar-refractivity contribution in [2.45, 2.75) is 51.6 Å². The van der Waals surface area contributed by atoms with Crippen molar-refractivity contribution in [3.05, 3.63) is 83.2 Å². The normalized spacial score (nSPS) is 10.9. The molecule has 3 rings (SSSR count). The molecule has 2 aromatic carbocycles. The molecule has 9 heteroatoms. The van der Waals surface area contributed by atoms with Crippen LogP contribution < -0.4 is 18.9 Å². The van der Waals surface area contributed by atoms with Gasteiger partial charge in [-0.05, 0) is 73.4 Å². The van der Waals surface area contributed by atoms with Gasteiger partial charge in [0.25, 0.3) is 0 Å². The largest absolute Gasteiger partial charge is 0.497 e. The molecule has 0 amide bonds. The van der Waals surface area contributed by atoms with Gasteiger partial charge in [0, 0.05) is 6.08 Å². The van der Waals surface area contributed by atoms with Gasteiger partial charge in [-0.3, -0.25) is 0 Å². The zero-order chi connectivity index (χ0) is 29.5. The number of aryl methyl sites for hydroxylation is 1. The molecule has 1 heterocycles. The monoisotopic (exact) mass is 563 g/mol. The summed E-state index contributed by atoms with van der Waals surface area (Å²) in [7, 11) is 3.14. The minimum atomic E-state index is -1.10. The Morgan fingerprint density at radius 2 is 1.49 bits per heavy atom. The smallest absolute Gasteiger partial charge is 0.335 e. The van der Waals surface area contributed by atoms with Crippen LogP contribution in [0.2, 0.25) is 0 Å². The average Bonchev–Trinajstić information content (AvgIpc) is 2.98. The number of hydrogen-bond donors (Lipinski definition) is 2. The van der Waals surface area contributed by atoms with Crippen LogP contribution in [0, 0.1) is 0 Å². The number of carboxylic acid groups (broad SMARTS) is 2. The van der Waals surface area contributed by atoms with Crippen molar-refractivity contribution in [2.75, 3.05) is 20.8 Å². The first kappa shape index (κ1) is 31.0. The van der Waals surface area contributed by atoms with Gasteiger partial charge in [0.05, 0.1) is 32.1 Å². The summed E-state index contributed by atoms with van der Waals surface area (Å²) in [6.45, 7) is 0.516. The quantitative estimate of drug-likeness (QED) is 0.133. The first-order chi connectivity index (χ1) is 19.9. The van der Waals surface area contributed by atoms with E-state index in [2.05, 4.69) is 17.1 Å². The van der Waals surface area contributed by atoms with E-state index < -0.39 is 11.9 Å². The van der Waals surface area contributed by atoms with Crippen LogP contribution in [0.25, 0.3) is 6.08 Å². The third-order valence-corrected chi connectivity index (χ3v) is 6.39. The Labute approximate surface area is 240 Å². The number of aromatic carboxylic acids is 1. The molecular weight excluding hydrogens is 526 g/mol. The lowest BCUT2D eigenvalue weighted by atomic mass is 10.0. The second-order valence-electron chi connectivity index (χ2n) is 9.38. The number of carboxylic acids is 2. The van der Waals surface area contributed by atoms with Gasteiger partial charge in [0.15, 0.2) is 11.5 Å². The second-order valence-corrected chi connectivity index (χ2v) is 9.38. The summed E-state index contributed by atoms with van der Waals surface area (Å²) >= 11 is 0. The van der Waals surface area contributed by atoms with Gasteiger partial charge in [-0.25, -0.2) is 14.6 Å². The number of carbonyl (C=O) groups is 2. The van der Waals surface area contributed by atoms with E-state index in [-0.39, 0.29) is 17.9 Å². The third kappa shape index (κ3) is 10.5. The minimum absolute atomic E-state index is 0.0199. The summed E-state index contributed by atoms with van der Waals surface area (Å²) in [5, 5.41) is 18.3. The van der Waals surface area contributed by atoms with Gasteiger partial charge in [-0.1, -0.05) is 37.8 Å². The molecule has 0 saturated carbocycles. The van der Waals surface area contributed by atoms with Crippen LogP contribution >= 0.6 is 0 Å². The summed E-state index contributed by atoms with van der Waals surface area (Å²) in [4.78, 5) is 26.9. The van der Waals surface area contributed by atoms with Crippen LogP contribution in [0.15, 0.2) is 60.7 Å². The summed E-state index contributed by atoms with van der Waals surface area (Å²) in [6.07, 6.45) is 10.00. The van der Waals surface area contributed by atoms with Gasteiger partial charge in [0.2, 0.25) is 0 Å². The van der Waals surface area contributed by atoms with E-state index in [1.807, 2.05) is 12.1 Å². The molecule has 0 spiro atoms. The molecule has 41 heavy (non-hydrogen) atoms. The number of hydrogen-bond acceptors (Lipinski definition) is 7. The van der Waals surface area contributed by atoms with E-state index in [1.54, 1.807) is 19.2 Å². The maximum absolute atomic E-state index is 11.3. The van der Waals surface area contributed by atoms with E-state index in [0.29, 0.717) is 29.5 Å². The molecule has 0 unspecified atom stereocenters. The molecule has 0 radical (unpaired) electrons. The maximum Gasteiger partial charge on any atom is 0.335 e. The Bertz CT molecular complexity index is 1300. The topological polar surface area (TPSA) is 124 Å². The fraction of sp³-hybridized carbons (Fsp3) is 0.344. The summed E-state index contributed by atoms with van der Waals surface area (Å²) < 4.78 is 22.2. The van der Waals surface area contributed by atoms with E-state index >= 15 is 0 Å². The number of benzene rings is 2. The average molecular weight is 564 g/mol. The Morgan fingerprint density at radius 1 is 0.780 bits per heavy atom. The molecule has 0 saturated heterocycles. The van der Waals surface area contributed by atoms with Crippen molar-refractivity contribution < 1.29 is 38.7 Å². The van der Waals surface area contributed by atoms with Crippen LogP contribution in [0.3, 0.4) is 0 Å². The predicted molar refractivity (Wildman–Crippen MR) is 155 cm³/mol. The molecule has 0 fully saturated rings. The molecule has 218 valence electrons. The van der Waals surface area contributed by atoms with E-state index in [0.717, 1.165) is 43.9 Å². The number of aromatic nitrogens is 1. The fourth-order valence-electron chi connectivity index (χ4n) is 4.16.